The molecule has 0 aromatic heterocycles. The van der Waals surface area contributed by atoms with E-state index in [-0.39, 0.29) is 38.8 Å². The molecule has 1 aliphatic carbocycles. The topological polar surface area (TPSA) is 93.5 Å². The second-order valence-electron chi connectivity index (χ2n) is 9.05. The second kappa shape index (κ2) is 12.8. The fourth-order valence-corrected chi connectivity index (χ4v) is 4.51. The normalized spacial score (nSPS) is 18.5. The van der Waals surface area contributed by atoms with E-state index in [1.165, 1.54) is 4.90 Å². The minimum Gasteiger partial charge on any atom is -0.481 e. The van der Waals surface area contributed by atoms with Crippen LogP contribution in [0, 0.1) is 11.3 Å². The molecule has 2 aromatic carbocycles. The SMILES string of the molecule is N=C/C(C(=O)N(CCc1ccccc1)Cc1ccc(Cl)cc1)=C(\NC1CCC(C(=O)O)CC1)C(F)(F)F. The zero-order valence-corrected chi connectivity index (χ0v) is 20.9. The molecule has 37 heavy (non-hydrogen) atoms. The largest absolute Gasteiger partial charge is 0.481 e. The Labute approximate surface area is 218 Å². The van der Waals surface area contributed by atoms with E-state index in [2.05, 4.69) is 5.32 Å². The Morgan fingerprint density at radius 2 is 1.65 bits per heavy atom. The lowest BCUT2D eigenvalue weighted by Crippen LogP contribution is -2.42. The minimum absolute atomic E-state index is 0.0367. The van der Waals surface area contributed by atoms with Crippen molar-refractivity contribution >= 4 is 29.7 Å². The van der Waals surface area contributed by atoms with Gasteiger partial charge in [-0.25, -0.2) is 0 Å². The van der Waals surface area contributed by atoms with Crippen LogP contribution >= 0.6 is 11.6 Å². The molecular formula is C27H29ClF3N3O3. The van der Waals surface area contributed by atoms with E-state index >= 15 is 0 Å². The number of rotatable bonds is 10. The highest BCUT2D eigenvalue weighted by molar-refractivity contribution is 6.30. The van der Waals surface area contributed by atoms with Gasteiger partial charge in [0, 0.05) is 30.4 Å². The Hall–Kier alpha value is -3.33. The van der Waals surface area contributed by atoms with Crippen molar-refractivity contribution in [2.24, 2.45) is 5.92 Å². The van der Waals surface area contributed by atoms with Crippen LogP contribution in [0.1, 0.15) is 36.8 Å². The van der Waals surface area contributed by atoms with Crippen LogP contribution in [0.4, 0.5) is 13.2 Å². The molecule has 0 spiro atoms. The van der Waals surface area contributed by atoms with Gasteiger partial charge in [0.05, 0.1) is 11.5 Å². The molecule has 6 nitrogen and oxygen atoms in total. The first-order chi connectivity index (χ1) is 17.6. The van der Waals surface area contributed by atoms with Crippen LogP contribution in [0.3, 0.4) is 0 Å². The molecule has 3 rings (SSSR count). The summed E-state index contributed by atoms with van der Waals surface area (Å²) < 4.78 is 42.5. The Bertz CT molecular complexity index is 1110. The predicted molar refractivity (Wildman–Crippen MR) is 135 cm³/mol. The molecule has 0 unspecified atom stereocenters. The Balaban J connectivity index is 1.89. The molecule has 0 aliphatic heterocycles. The highest BCUT2D eigenvalue weighted by atomic mass is 35.5. The number of hydrogen-bond donors (Lipinski definition) is 3. The van der Waals surface area contributed by atoms with Gasteiger partial charge in [-0.15, -0.1) is 0 Å². The van der Waals surface area contributed by atoms with E-state index in [0.29, 0.717) is 23.2 Å². The number of nitrogens with zero attached hydrogens (tertiary/aromatic N) is 1. The smallest absolute Gasteiger partial charge is 0.431 e. The highest BCUT2D eigenvalue weighted by Crippen LogP contribution is 2.31. The Morgan fingerprint density at radius 3 is 2.19 bits per heavy atom. The number of allylic oxidation sites excluding steroid dienone is 1. The summed E-state index contributed by atoms with van der Waals surface area (Å²) in [5.41, 5.74) is -0.452. The third kappa shape index (κ3) is 8.08. The van der Waals surface area contributed by atoms with E-state index < -0.39 is 41.3 Å². The standard InChI is InChI=1S/C27H29ClF3N3O3/c28-21-10-6-19(7-11-21)17-34(15-14-18-4-2-1-3-5-18)25(35)23(16-32)24(27(29,30)31)33-22-12-8-20(9-13-22)26(36)37/h1-7,10-11,16,20,22,32-33H,8-9,12-15,17H2,(H,36,37)/b24-23+,32-16?. The van der Waals surface area contributed by atoms with Crippen molar-refractivity contribution < 1.29 is 27.9 Å². The number of carboxylic acids is 1. The van der Waals surface area contributed by atoms with Crippen LogP contribution in [-0.4, -0.2) is 46.9 Å². The number of amides is 1. The monoisotopic (exact) mass is 535 g/mol. The molecule has 0 radical (unpaired) electrons. The van der Waals surface area contributed by atoms with Crippen molar-refractivity contribution in [2.45, 2.75) is 50.9 Å². The van der Waals surface area contributed by atoms with E-state index in [0.717, 1.165) is 5.56 Å². The third-order valence-electron chi connectivity index (χ3n) is 6.44. The van der Waals surface area contributed by atoms with Crippen LogP contribution < -0.4 is 5.32 Å². The summed E-state index contributed by atoms with van der Waals surface area (Å²) >= 11 is 5.95. The molecule has 0 atom stereocenters. The molecule has 1 fully saturated rings. The second-order valence-corrected chi connectivity index (χ2v) is 9.49. The molecular weight excluding hydrogens is 507 g/mol. The van der Waals surface area contributed by atoms with Gasteiger partial charge in [0.1, 0.15) is 5.70 Å². The maximum atomic E-state index is 14.2. The van der Waals surface area contributed by atoms with E-state index in [4.69, 9.17) is 22.1 Å². The fourth-order valence-electron chi connectivity index (χ4n) is 4.38. The molecule has 1 aliphatic rings. The zero-order chi connectivity index (χ0) is 27.0. The minimum atomic E-state index is -4.91. The van der Waals surface area contributed by atoms with Crippen LogP contribution in [0.15, 0.2) is 65.9 Å². The van der Waals surface area contributed by atoms with Gasteiger partial charge >= 0.3 is 12.1 Å². The highest BCUT2D eigenvalue weighted by Gasteiger charge is 2.40. The number of halogens is 4. The van der Waals surface area contributed by atoms with Crippen LogP contribution in [-0.2, 0) is 22.6 Å². The lowest BCUT2D eigenvalue weighted by molar-refractivity contribution is -0.143. The van der Waals surface area contributed by atoms with Crippen molar-refractivity contribution in [3.8, 4) is 0 Å². The van der Waals surface area contributed by atoms with Crippen LogP contribution in [0.5, 0.6) is 0 Å². The average Bonchev–Trinajstić information content (AvgIpc) is 2.87. The van der Waals surface area contributed by atoms with E-state index in [9.17, 15) is 22.8 Å². The van der Waals surface area contributed by atoms with Gasteiger partial charge in [0.25, 0.3) is 5.91 Å². The van der Waals surface area contributed by atoms with Crippen molar-refractivity contribution in [1.82, 2.24) is 10.2 Å². The summed E-state index contributed by atoms with van der Waals surface area (Å²) in [6.45, 7) is 0.173. The van der Waals surface area contributed by atoms with Crippen molar-refractivity contribution in [2.75, 3.05) is 6.54 Å². The van der Waals surface area contributed by atoms with Crippen molar-refractivity contribution in [1.29, 1.82) is 5.41 Å². The van der Waals surface area contributed by atoms with Gasteiger partial charge in [-0.2, -0.15) is 13.2 Å². The molecule has 10 heteroatoms. The van der Waals surface area contributed by atoms with E-state index in [1.54, 1.807) is 24.3 Å². The van der Waals surface area contributed by atoms with Gasteiger partial charge in [0.15, 0.2) is 0 Å². The maximum absolute atomic E-state index is 14.2. The molecule has 1 amide bonds. The molecule has 0 heterocycles. The third-order valence-corrected chi connectivity index (χ3v) is 6.69. The number of hydrogen-bond acceptors (Lipinski definition) is 4. The lowest BCUT2D eigenvalue weighted by atomic mass is 9.86. The van der Waals surface area contributed by atoms with E-state index in [1.807, 2.05) is 30.3 Å². The summed E-state index contributed by atoms with van der Waals surface area (Å²) in [5, 5.41) is 19.8. The molecule has 2 aromatic rings. The maximum Gasteiger partial charge on any atom is 0.431 e. The summed E-state index contributed by atoms with van der Waals surface area (Å²) in [7, 11) is 0. The quantitative estimate of drug-likeness (QED) is 0.272. The van der Waals surface area contributed by atoms with Gasteiger partial charge < -0.3 is 20.7 Å². The molecule has 1 saturated carbocycles. The number of alkyl halides is 3. The van der Waals surface area contributed by atoms with Crippen molar-refractivity contribution in [3.05, 3.63) is 82.0 Å². The molecule has 0 saturated heterocycles. The van der Waals surface area contributed by atoms with Crippen LogP contribution in [0.25, 0.3) is 0 Å². The lowest BCUT2D eigenvalue weighted by Gasteiger charge is -2.31. The van der Waals surface area contributed by atoms with Crippen molar-refractivity contribution in [3.63, 3.8) is 0 Å². The predicted octanol–water partition coefficient (Wildman–Crippen LogP) is 5.61. The van der Waals surface area contributed by atoms with Gasteiger partial charge in [-0.1, -0.05) is 54.1 Å². The first kappa shape index (κ1) is 28.2. The number of carbonyl (C=O) groups excluding carboxylic acids is 1. The number of aliphatic carboxylic acids is 1. The van der Waals surface area contributed by atoms with Gasteiger partial charge in [-0.05, 0) is 55.4 Å². The first-order valence-corrected chi connectivity index (χ1v) is 12.3. The summed E-state index contributed by atoms with van der Waals surface area (Å²) in [6, 6.07) is 15.3. The first-order valence-electron chi connectivity index (χ1n) is 12.0. The number of carbonyl (C=O) groups is 2. The fraction of sp³-hybridized carbons (Fsp3) is 0.370. The number of nitrogens with one attached hydrogen (secondary N) is 2. The van der Waals surface area contributed by atoms with Gasteiger partial charge in [-0.3, -0.25) is 9.59 Å². The average molecular weight is 536 g/mol. The Kier molecular flexibility index (Phi) is 9.74. The molecule has 198 valence electrons. The summed E-state index contributed by atoms with van der Waals surface area (Å²) in [4.78, 5) is 26.0. The molecule has 3 N–H and O–H groups in total. The number of carboxylic acid groups (broad SMARTS) is 1. The van der Waals surface area contributed by atoms with Gasteiger partial charge in [0.2, 0.25) is 0 Å². The zero-order valence-electron chi connectivity index (χ0n) is 20.1. The molecule has 0 bridgehead atoms. The summed E-state index contributed by atoms with van der Waals surface area (Å²) in [5.74, 6) is -2.47. The summed E-state index contributed by atoms with van der Waals surface area (Å²) in [6.07, 6.45) is -3.12. The Morgan fingerprint density at radius 1 is 1.03 bits per heavy atom. The number of benzene rings is 2. The van der Waals surface area contributed by atoms with Crippen LogP contribution in [0.2, 0.25) is 5.02 Å².